The van der Waals surface area contributed by atoms with E-state index in [4.69, 9.17) is 9.47 Å². The molecule has 0 amide bonds. The van der Waals surface area contributed by atoms with Gasteiger partial charge in [-0.05, 0) is 43.4 Å². The van der Waals surface area contributed by atoms with Crippen LogP contribution in [0.4, 0.5) is 0 Å². The first-order valence-corrected chi connectivity index (χ1v) is 7.79. The largest absolute Gasteiger partial charge is 0.508 e. The normalized spacial score (nSPS) is 16.2. The van der Waals surface area contributed by atoms with Crippen LogP contribution in [0.2, 0.25) is 0 Å². The van der Waals surface area contributed by atoms with Gasteiger partial charge in [0.25, 0.3) is 0 Å². The van der Waals surface area contributed by atoms with Gasteiger partial charge in [-0.3, -0.25) is 0 Å². The van der Waals surface area contributed by atoms with Gasteiger partial charge in [0.2, 0.25) is 0 Å². The van der Waals surface area contributed by atoms with Gasteiger partial charge >= 0.3 is 5.97 Å². The van der Waals surface area contributed by atoms with Crippen molar-refractivity contribution in [3.8, 4) is 5.75 Å². The zero-order chi connectivity index (χ0) is 15.1. The molecule has 116 valence electrons. The predicted molar refractivity (Wildman–Crippen MR) is 80.2 cm³/mol. The van der Waals surface area contributed by atoms with E-state index in [9.17, 15) is 9.90 Å². The summed E-state index contributed by atoms with van der Waals surface area (Å²) in [5, 5.41) is 9.52. The van der Waals surface area contributed by atoms with Crippen LogP contribution in [-0.4, -0.2) is 29.9 Å². The average Bonchev–Trinajstić information content (AvgIpc) is 2.41. The van der Waals surface area contributed by atoms with E-state index in [2.05, 4.69) is 6.92 Å². The minimum Gasteiger partial charge on any atom is -0.508 e. The summed E-state index contributed by atoms with van der Waals surface area (Å²) in [5.41, 5.74) is 0.881. The Bertz CT molecular complexity index is 454. The Morgan fingerprint density at radius 3 is 2.86 bits per heavy atom. The van der Waals surface area contributed by atoms with Crippen molar-refractivity contribution >= 4 is 5.97 Å². The SMILES string of the molecule is CCCCOC(=O)C(Cc1cccc(O)c1)OC1CCC1. The lowest BCUT2D eigenvalue weighted by Gasteiger charge is -2.29. The van der Waals surface area contributed by atoms with Crippen molar-refractivity contribution in [3.05, 3.63) is 29.8 Å². The third-order valence-corrected chi connectivity index (χ3v) is 3.75. The molecule has 21 heavy (non-hydrogen) atoms. The van der Waals surface area contributed by atoms with Crippen molar-refractivity contribution in [2.75, 3.05) is 6.61 Å². The number of hydrogen-bond acceptors (Lipinski definition) is 4. The number of phenols is 1. The van der Waals surface area contributed by atoms with Crippen LogP contribution in [0.5, 0.6) is 5.75 Å². The second-order valence-electron chi connectivity index (χ2n) is 5.57. The summed E-state index contributed by atoms with van der Waals surface area (Å²) in [6.07, 6.45) is 5.09. The van der Waals surface area contributed by atoms with E-state index in [1.165, 1.54) is 0 Å². The molecule has 0 bridgehead atoms. The molecule has 0 heterocycles. The highest BCUT2D eigenvalue weighted by Gasteiger charge is 2.28. The molecule has 1 aliphatic rings. The summed E-state index contributed by atoms with van der Waals surface area (Å²) in [5.74, 6) is -0.0899. The Morgan fingerprint density at radius 1 is 1.43 bits per heavy atom. The van der Waals surface area contributed by atoms with Crippen LogP contribution in [0.3, 0.4) is 0 Å². The number of hydrogen-bond donors (Lipinski definition) is 1. The highest BCUT2D eigenvalue weighted by atomic mass is 16.6. The maximum atomic E-state index is 12.2. The maximum Gasteiger partial charge on any atom is 0.335 e. The van der Waals surface area contributed by atoms with Gasteiger partial charge in [0.05, 0.1) is 12.7 Å². The highest BCUT2D eigenvalue weighted by Crippen LogP contribution is 2.25. The lowest BCUT2D eigenvalue weighted by molar-refractivity contribution is -0.164. The Kier molecular flexibility index (Phi) is 6.05. The summed E-state index contributed by atoms with van der Waals surface area (Å²) >= 11 is 0. The molecule has 1 fully saturated rings. The number of unbranched alkanes of at least 4 members (excludes halogenated alkanes) is 1. The fourth-order valence-corrected chi connectivity index (χ4v) is 2.23. The molecule has 1 saturated carbocycles. The first-order valence-electron chi connectivity index (χ1n) is 7.79. The Balaban J connectivity index is 1.95. The molecule has 1 unspecified atom stereocenters. The van der Waals surface area contributed by atoms with Crippen molar-refractivity contribution in [2.45, 2.75) is 57.7 Å². The Morgan fingerprint density at radius 2 is 2.24 bits per heavy atom. The predicted octanol–water partition coefficient (Wildman–Crippen LogP) is 3.22. The summed E-state index contributed by atoms with van der Waals surface area (Å²) < 4.78 is 11.2. The van der Waals surface area contributed by atoms with E-state index in [1.807, 2.05) is 6.07 Å². The minimum absolute atomic E-state index is 0.172. The van der Waals surface area contributed by atoms with Crippen LogP contribution in [0, 0.1) is 0 Å². The van der Waals surface area contributed by atoms with Crippen LogP contribution < -0.4 is 0 Å². The fraction of sp³-hybridized carbons (Fsp3) is 0.588. The summed E-state index contributed by atoms with van der Waals surface area (Å²) in [4.78, 5) is 12.2. The highest BCUT2D eigenvalue weighted by molar-refractivity contribution is 5.75. The molecule has 0 aliphatic heterocycles. The first-order chi connectivity index (χ1) is 10.2. The Labute approximate surface area is 126 Å². The number of carbonyl (C=O) groups excluding carboxylic acids is 1. The summed E-state index contributed by atoms with van der Waals surface area (Å²) in [7, 11) is 0. The maximum absolute atomic E-state index is 12.2. The minimum atomic E-state index is -0.575. The van der Waals surface area contributed by atoms with Gasteiger partial charge in [0, 0.05) is 6.42 Å². The molecule has 4 heteroatoms. The van der Waals surface area contributed by atoms with Crippen molar-refractivity contribution < 1.29 is 19.4 Å². The van der Waals surface area contributed by atoms with Crippen molar-refractivity contribution in [1.29, 1.82) is 0 Å². The second-order valence-corrected chi connectivity index (χ2v) is 5.57. The van der Waals surface area contributed by atoms with Gasteiger partial charge in [-0.15, -0.1) is 0 Å². The van der Waals surface area contributed by atoms with Gasteiger partial charge in [-0.1, -0.05) is 25.5 Å². The van der Waals surface area contributed by atoms with Crippen molar-refractivity contribution in [2.24, 2.45) is 0 Å². The number of ether oxygens (including phenoxy) is 2. The molecule has 0 spiro atoms. The molecule has 1 aromatic rings. The lowest BCUT2D eigenvalue weighted by Crippen LogP contribution is -2.36. The zero-order valence-corrected chi connectivity index (χ0v) is 12.6. The van der Waals surface area contributed by atoms with E-state index >= 15 is 0 Å². The summed E-state index contributed by atoms with van der Waals surface area (Å²) in [6.45, 7) is 2.50. The Hall–Kier alpha value is -1.55. The van der Waals surface area contributed by atoms with Gasteiger partial charge in [0.15, 0.2) is 6.10 Å². The molecule has 0 saturated heterocycles. The van der Waals surface area contributed by atoms with Crippen LogP contribution in [-0.2, 0) is 20.7 Å². The number of carbonyl (C=O) groups is 1. The molecule has 1 N–H and O–H groups in total. The number of esters is 1. The fourth-order valence-electron chi connectivity index (χ4n) is 2.23. The third kappa shape index (κ3) is 5.05. The number of phenolic OH excluding ortho intramolecular Hbond substituents is 1. The molecular weight excluding hydrogens is 268 g/mol. The number of benzene rings is 1. The van der Waals surface area contributed by atoms with Crippen LogP contribution in [0.15, 0.2) is 24.3 Å². The molecule has 0 radical (unpaired) electrons. The zero-order valence-electron chi connectivity index (χ0n) is 12.6. The number of rotatable bonds is 8. The quantitative estimate of drug-likeness (QED) is 0.590. The smallest absolute Gasteiger partial charge is 0.335 e. The summed E-state index contributed by atoms with van der Waals surface area (Å²) in [6, 6.07) is 6.94. The average molecular weight is 292 g/mol. The molecule has 1 atom stereocenters. The van der Waals surface area contributed by atoms with Gasteiger partial charge < -0.3 is 14.6 Å². The molecule has 4 nitrogen and oxygen atoms in total. The monoisotopic (exact) mass is 292 g/mol. The molecule has 1 aromatic carbocycles. The van der Waals surface area contributed by atoms with E-state index in [-0.39, 0.29) is 17.8 Å². The van der Waals surface area contributed by atoms with Gasteiger partial charge in [0.1, 0.15) is 5.75 Å². The van der Waals surface area contributed by atoms with Gasteiger partial charge in [-0.2, -0.15) is 0 Å². The van der Waals surface area contributed by atoms with Crippen molar-refractivity contribution in [3.63, 3.8) is 0 Å². The van der Waals surface area contributed by atoms with Crippen molar-refractivity contribution in [1.82, 2.24) is 0 Å². The second kappa shape index (κ2) is 8.03. The van der Waals surface area contributed by atoms with Crippen LogP contribution in [0.25, 0.3) is 0 Å². The molecular formula is C17H24O4. The van der Waals surface area contributed by atoms with Crippen LogP contribution >= 0.6 is 0 Å². The van der Waals surface area contributed by atoms with Crippen LogP contribution in [0.1, 0.15) is 44.6 Å². The standard InChI is InChI=1S/C17H24O4/c1-2-3-10-20-17(19)16(21-15-8-5-9-15)12-13-6-4-7-14(18)11-13/h4,6-7,11,15-16,18H,2-3,5,8-10,12H2,1H3. The van der Waals surface area contributed by atoms with E-state index in [1.54, 1.807) is 18.2 Å². The van der Waals surface area contributed by atoms with E-state index < -0.39 is 6.10 Å². The molecule has 1 aliphatic carbocycles. The van der Waals surface area contributed by atoms with E-state index in [0.717, 1.165) is 37.7 Å². The first kappa shape index (κ1) is 15.8. The molecule has 2 rings (SSSR count). The third-order valence-electron chi connectivity index (χ3n) is 3.75. The topological polar surface area (TPSA) is 55.8 Å². The molecule has 0 aromatic heterocycles. The lowest BCUT2D eigenvalue weighted by atomic mass is 9.95. The number of aromatic hydroxyl groups is 1. The van der Waals surface area contributed by atoms with E-state index in [0.29, 0.717) is 13.0 Å². The van der Waals surface area contributed by atoms with Gasteiger partial charge in [-0.25, -0.2) is 4.79 Å².